The van der Waals surface area contributed by atoms with Crippen LogP contribution < -0.4 is 5.32 Å². The van der Waals surface area contributed by atoms with Crippen molar-refractivity contribution in [1.29, 1.82) is 0 Å². The molecule has 0 aliphatic heterocycles. The van der Waals surface area contributed by atoms with Gasteiger partial charge in [0.2, 0.25) is 0 Å². The van der Waals surface area contributed by atoms with Gasteiger partial charge in [-0.25, -0.2) is 0 Å². The fourth-order valence-corrected chi connectivity index (χ4v) is 0.625. The van der Waals surface area contributed by atoms with Crippen LogP contribution in [-0.4, -0.2) is 28.4 Å². The highest BCUT2D eigenvalue weighted by Gasteiger charge is 2.08. The summed E-state index contributed by atoms with van der Waals surface area (Å²) in [5.74, 6) is 0. The fraction of sp³-hybridized carbons (Fsp3) is 1.00. The molecule has 0 amide bonds. The number of hydrogen-bond acceptors (Lipinski definition) is 4. The molecule has 0 radical (unpaired) electrons. The predicted octanol–water partition coefficient (Wildman–Crippen LogP) is 0.412. The molecule has 0 bridgehead atoms. The quantitative estimate of drug-likeness (QED) is 0.385. The van der Waals surface area contributed by atoms with Gasteiger partial charge in [0, 0.05) is 0 Å². The van der Waals surface area contributed by atoms with E-state index in [1.54, 1.807) is 0 Å². The summed E-state index contributed by atoms with van der Waals surface area (Å²) in [5.41, 5.74) is 0. The van der Waals surface area contributed by atoms with E-state index in [1.165, 1.54) is 0 Å². The first-order valence-electron chi connectivity index (χ1n) is 3.12. The van der Waals surface area contributed by atoms with Crippen molar-refractivity contribution in [3.05, 3.63) is 0 Å². The molecule has 9 heavy (non-hydrogen) atoms. The number of nitrogens with zero attached hydrogens (tertiary/aromatic N) is 1. The summed E-state index contributed by atoms with van der Waals surface area (Å²) in [5, 5.41) is 20.0. The lowest BCUT2D eigenvalue weighted by Gasteiger charge is -2.18. The van der Waals surface area contributed by atoms with Crippen molar-refractivity contribution in [2.24, 2.45) is 0 Å². The second-order valence-electron chi connectivity index (χ2n) is 1.80. The molecule has 0 aromatic heterocycles. The Balaban J connectivity index is 3.41. The molecule has 0 aliphatic carbocycles. The molecule has 56 valence electrons. The molecule has 3 N–H and O–H groups in total. The lowest BCUT2D eigenvalue weighted by Crippen LogP contribution is -2.41. The molecular formula is C5H14N2O2. The summed E-state index contributed by atoms with van der Waals surface area (Å²) >= 11 is 0. The van der Waals surface area contributed by atoms with Crippen molar-refractivity contribution in [2.75, 3.05) is 6.54 Å². The molecule has 1 atom stereocenters. The maximum atomic E-state index is 8.47. The number of hydroxylamine groups is 2. The van der Waals surface area contributed by atoms with Crippen LogP contribution >= 0.6 is 0 Å². The second kappa shape index (κ2) is 4.69. The molecule has 0 saturated heterocycles. The van der Waals surface area contributed by atoms with Crippen LogP contribution in [0.3, 0.4) is 0 Å². The zero-order valence-corrected chi connectivity index (χ0v) is 5.83. The average molecular weight is 134 g/mol. The summed E-state index contributed by atoms with van der Waals surface area (Å²) in [7, 11) is 0. The largest absolute Gasteiger partial charge is 0.298 e. The molecule has 0 fully saturated rings. The van der Waals surface area contributed by atoms with Gasteiger partial charge in [0.05, 0.1) is 0 Å². The summed E-state index contributed by atoms with van der Waals surface area (Å²) in [6.07, 6.45) is 0.330. The van der Waals surface area contributed by atoms with Gasteiger partial charge < -0.3 is 0 Å². The maximum Gasteiger partial charge on any atom is 0.111 e. The SMILES string of the molecule is CCNC(CC)N(O)O. The van der Waals surface area contributed by atoms with E-state index in [9.17, 15) is 0 Å². The van der Waals surface area contributed by atoms with Crippen LogP contribution in [-0.2, 0) is 0 Å². The lowest BCUT2D eigenvalue weighted by atomic mass is 10.4. The van der Waals surface area contributed by atoms with Gasteiger partial charge in [-0.2, -0.15) is 0 Å². The van der Waals surface area contributed by atoms with Gasteiger partial charge in [-0.3, -0.25) is 15.7 Å². The van der Waals surface area contributed by atoms with Crippen LogP contribution in [0.1, 0.15) is 20.3 Å². The van der Waals surface area contributed by atoms with Gasteiger partial charge in [0.1, 0.15) is 6.17 Å². The van der Waals surface area contributed by atoms with E-state index in [1.807, 2.05) is 13.8 Å². The molecule has 4 nitrogen and oxygen atoms in total. The summed E-state index contributed by atoms with van der Waals surface area (Å²) in [4.78, 5) is 0. The Bertz CT molecular complexity index is 68.0. The van der Waals surface area contributed by atoms with Gasteiger partial charge in [0.25, 0.3) is 0 Å². The van der Waals surface area contributed by atoms with Gasteiger partial charge >= 0.3 is 0 Å². The molecule has 0 aromatic carbocycles. The maximum absolute atomic E-state index is 8.47. The van der Waals surface area contributed by atoms with Crippen LogP contribution in [0, 0.1) is 0 Å². The van der Waals surface area contributed by atoms with Crippen LogP contribution in [0.2, 0.25) is 0 Å². The van der Waals surface area contributed by atoms with Crippen molar-refractivity contribution in [2.45, 2.75) is 26.4 Å². The predicted molar refractivity (Wildman–Crippen MR) is 33.2 cm³/mol. The Morgan fingerprint density at radius 3 is 2.11 bits per heavy atom. The fourth-order valence-electron chi connectivity index (χ4n) is 0.625. The third-order valence-corrected chi connectivity index (χ3v) is 1.11. The molecule has 0 rings (SSSR count). The topological polar surface area (TPSA) is 55.7 Å². The van der Waals surface area contributed by atoms with E-state index in [2.05, 4.69) is 5.32 Å². The Morgan fingerprint density at radius 1 is 1.44 bits per heavy atom. The summed E-state index contributed by atoms with van der Waals surface area (Å²) in [6.45, 7) is 4.51. The van der Waals surface area contributed by atoms with E-state index in [-0.39, 0.29) is 11.4 Å². The molecule has 0 saturated carbocycles. The first-order valence-corrected chi connectivity index (χ1v) is 3.12. The normalized spacial score (nSPS) is 14.3. The van der Waals surface area contributed by atoms with Crippen molar-refractivity contribution >= 4 is 0 Å². The van der Waals surface area contributed by atoms with Gasteiger partial charge in [0.15, 0.2) is 0 Å². The molecule has 1 unspecified atom stereocenters. The zero-order valence-electron chi connectivity index (χ0n) is 5.83. The van der Waals surface area contributed by atoms with E-state index < -0.39 is 0 Å². The first kappa shape index (κ1) is 8.84. The molecule has 0 aliphatic rings. The van der Waals surface area contributed by atoms with E-state index >= 15 is 0 Å². The van der Waals surface area contributed by atoms with Crippen molar-refractivity contribution in [3.63, 3.8) is 0 Å². The smallest absolute Gasteiger partial charge is 0.111 e. The lowest BCUT2D eigenvalue weighted by molar-refractivity contribution is -0.337. The average Bonchev–Trinajstić information content (AvgIpc) is 1.82. The first-order chi connectivity index (χ1) is 4.22. The molecule has 0 spiro atoms. The monoisotopic (exact) mass is 134 g/mol. The second-order valence-corrected chi connectivity index (χ2v) is 1.80. The number of rotatable bonds is 4. The third kappa shape index (κ3) is 3.42. The van der Waals surface area contributed by atoms with E-state index in [0.717, 1.165) is 6.54 Å². The highest BCUT2D eigenvalue weighted by Crippen LogP contribution is 1.91. The van der Waals surface area contributed by atoms with Crippen molar-refractivity contribution in [1.82, 2.24) is 10.5 Å². The number of nitrogens with one attached hydrogen (secondary N) is 1. The van der Waals surface area contributed by atoms with Crippen LogP contribution in [0.4, 0.5) is 0 Å². The highest BCUT2D eigenvalue weighted by molar-refractivity contribution is 4.51. The minimum Gasteiger partial charge on any atom is -0.298 e. The van der Waals surface area contributed by atoms with Gasteiger partial charge in [-0.15, -0.1) is 0 Å². The summed E-state index contributed by atoms with van der Waals surface area (Å²) in [6, 6.07) is 0. The van der Waals surface area contributed by atoms with E-state index in [4.69, 9.17) is 10.4 Å². The summed E-state index contributed by atoms with van der Waals surface area (Å²) < 4.78 is 0. The molecular weight excluding hydrogens is 120 g/mol. The minimum atomic E-state index is -0.338. The molecule has 0 aromatic rings. The minimum absolute atomic E-state index is 0.198. The standard InChI is InChI=1S/C5H14N2O2/c1-3-5(6-4-2)7(8)9/h5-6,8-9H,3-4H2,1-2H3. The Hall–Kier alpha value is -0.160. The highest BCUT2D eigenvalue weighted by atomic mass is 16.8. The van der Waals surface area contributed by atoms with Gasteiger partial charge in [-0.05, 0) is 13.0 Å². The molecule has 4 heteroatoms. The Labute approximate surface area is 55.0 Å². The van der Waals surface area contributed by atoms with Crippen LogP contribution in [0.15, 0.2) is 0 Å². The van der Waals surface area contributed by atoms with Crippen molar-refractivity contribution < 1.29 is 10.4 Å². The van der Waals surface area contributed by atoms with Crippen molar-refractivity contribution in [3.8, 4) is 0 Å². The zero-order chi connectivity index (χ0) is 7.28. The van der Waals surface area contributed by atoms with Crippen LogP contribution in [0.25, 0.3) is 0 Å². The molecule has 0 heterocycles. The van der Waals surface area contributed by atoms with Gasteiger partial charge in [-0.1, -0.05) is 19.1 Å². The Morgan fingerprint density at radius 2 is 2.00 bits per heavy atom. The third-order valence-electron chi connectivity index (χ3n) is 1.11. The van der Waals surface area contributed by atoms with Crippen LogP contribution in [0.5, 0.6) is 0 Å². The van der Waals surface area contributed by atoms with E-state index in [0.29, 0.717) is 6.42 Å². The Kier molecular flexibility index (Phi) is 4.61. The number of hydrogen-bond donors (Lipinski definition) is 3.